The van der Waals surface area contributed by atoms with E-state index in [4.69, 9.17) is 5.14 Å². The lowest BCUT2D eigenvalue weighted by Crippen LogP contribution is -2.39. The van der Waals surface area contributed by atoms with Crippen molar-refractivity contribution in [3.8, 4) is 0 Å². The largest absolute Gasteiger partial charge is 0.314 e. The molecule has 5 heteroatoms. The van der Waals surface area contributed by atoms with Gasteiger partial charge < -0.3 is 5.32 Å². The van der Waals surface area contributed by atoms with Gasteiger partial charge in [0.2, 0.25) is 10.0 Å². The van der Waals surface area contributed by atoms with Crippen molar-refractivity contribution in [2.75, 3.05) is 12.3 Å². The van der Waals surface area contributed by atoms with Gasteiger partial charge in [0.05, 0.1) is 5.75 Å². The molecular formula is C13H26N2O2S. The highest BCUT2D eigenvalue weighted by Crippen LogP contribution is 2.40. The van der Waals surface area contributed by atoms with Crippen LogP contribution in [-0.2, 0) is 10.0 Å². The van der Waals surface area contributed by atoms with Crippen molar-refractivity contribution < 1.29 is 8.42 Å². The van der Waals surface area contributed by atoms with E-state index in [2.05, 4.69) is 5.32 Å². The highest BCUT2D eigenvalue weighted by Gasteiger charge is 2.31. The fourth-order valence-corrected chi connectivity index (χ4v) is 4.19. The van der Waals surface area contributed by atoms with Gasteiger partial charge in [0.1, 0.15) is 0 Å². The Kier molecular flexibility index (Phi) is 5.04. The third kappa shape index (κ3) is 4.52. The molecule has 2 rings (SSSR count). The number of hydrogen-bond acceptors (Lipinski definition) is 3. The topological polar surface area (TPSA) is 72.2 Å². The number of nitrogens with two attached hydrogens (primary N) is 1. The van der Waals surface area contributed by atoms with Crippen LogP contribution in [0.3, 0.4) is 0 Å². The maximum Gasteiger partial charge on any atom is 0.209 e. The second-order valence-electron chi connectivity index (χ2n) is 5.99. The van der Waals surface area contributed by atoms with Gasteiger partial charge in [0, 0.05) is 6.04 Å². The SMILES string of the molecule is NS(=O)(=O)CCCNC1CCC2CCCCC2C1. The van der Waals surface area contributed by atoms with E-state index in [0.29, 0.717) is 12.5 Å². The second-order valence-corrected chi connectivity index (χ2v) is 7.72. The Morgan fingerprint density at radius 2 is 1.78 bits per heavy atom. The van der Waals surface area contributed by atoms with Crippen LogP contribution in [0.4, 0.5) is 0 Å². The van der Waals surface area contributed by atoms with E-state index in [1.54, 1.807) is 0 Å². The molecule has 0 radical (unpaired) electrons. The molecule has 3 atom stereocenters. The molecule has 2 aliphatic carbocycles. The molecule has 0 amide bonds. The smallest absolute Gasteiger partial charge is 0.209 e. The normalized spacial score (nSPS) is 33.1. The van der Waals surface area contributed by atoms with Crippen LogP contribution in [0, 0.1) is 11.8 Å². The predicted octanol–water partition coefficient (Wildman–Crippen LogP) is 1.61. The standard InChI is InChI=1S/C13H26N2O2S/c14-18(16,17)9-3-8-15-13-7-6-11-4-1-2-5-12(11)10-13/h11-13,15H,1-10H2,(H2,14,16,17). The van der Waals surface area contributed by atoms with E-state index in [0.717, 1.165) is 18.4 Å². The van der Waals surface area contributed by atoms with E-state index < -0.39 is 10.0 Å². The summed E-state index contributed by atoms with van der Waals surface area (Å²) in [4.78, 5) is 0. The van der Waals surface area contributed by atoms with Gasteiger partial charge >= 0.3 is 0 Å². The summed E-state index contributed by atoms with van der Waals surface area (Å²) in [5.41, 5.74) is 0. The van der Waals surface area contributed by atoms with Crippen molar-refractivity contribution in [2.24, 2.45) is 17.0 Å². The van der Waals surface area contributed by atoms with Crippen molar-refractivity contribution >= 4 is 10.0 Å². The molecule has 2 aliphatic rings. The fraction of sp³-hybridized carbons (Fsp3) is 1.00. The van der Waals surface area contributed by atoms with Gasteiger partial charge in [-0.05, 0) is 44.1 Å². The van der Waals surface area contributed by atoms with Gasteiger partial charge in [-0.2, -0.15) is 0 Å². The quantitative estimate of drug-likeness (QED) is 0.748. The zero-order valence-corrected chi connectivity index (χ0v) is 11.9. The summed E-state index contributed by atoms with van der Waals surface area (Å²) < 4.78 is 21.6. The van der Waals surface area contributed by atoms with Crippen LogP contribution in [-0.4, -0.2) is 26.8 Å². The Hall–Kier alpha value is -0.130. The van der Waals surface area contributed by atoms with Crippen molar-refractivity contribution in [1.82, 2.24) is 5.32 Å². The summed E-state index contributed by atoms with van der Waals surface area (Å²) in [6.07, 6.45) is 10.2. The zero-order valence-electron chi connectivity index (χ0n) is 11.1. The molecule has 0 bridgehead atoms. The molecule has 0 saturated heterocycles. The number of hydrogen-bond donors (Lipinski definition) is 2. The molecule has 0 heterocycles. The van der Waals surface area contributed by atoms with Crippen molar-refractivity contribution in [2.45, 2.75) is 57.4 Å². The Labute approximate surface area is 111 Å². The monoisotopic (exact) mass is 274 g/mol. The molecule has 18 heavy (non-hydrogen) atoms. The molecule has 3 N–H and O–H groups in total. The highest BCUT2D eigenvalue weighted by molar-refractivity contribution is 7.89. The predicted molar refractivity (Wildman–Crippen MR) is 73.7 cm³/mol. The third-order valence-corrected chi connectivity index (χ3v) is 5.44. The summed E-state index contributed by atoms with van der Waals surface area (Å²) in [6.45, 7) is 0.776. The van der Waals surface area contributed by atoms with Crippen LogP contribution < -0.4 is 10.5 Å². The van der Waals surface area contributed by atoms with Crippen LogP contribution in [0.2, 0.25) is 0 Å². The molecule has 0 aromatic heterocycles. The van der Waals surface area contributed by atoms with E-state index in [1.165, 1.54) is 44.9 Å². The number of primary sulfonamides is 1. The first kappa shape index (κ1) is 14.3. The average Bonchev–Trinajstić information content (AvgIpc) is 2.33. The number of nitrogens with one attached hydrogen (secondary N) is 1. The van der Waals surface area contributed by atoms with Gasteiger partial charge in [0.15, 0.2) is 0 Å². The minimum absolute atomic E-state index is 0.0960. The molecule has 0 aliphatic heterocycles. The zero-order chi connectivity index (χ0) is 13.0. The van der Waals surface area contributed by atoms with Crippen LogP contribution in [0.15, 0.2) is 0 Å². The molecule has 106 valence electrons. The minimum atomic E-state index is -3.29. The molecule has 0 spiro atoms. The van der Waals surface area contributed by atoms with Crippen molar-refractivity contribution in [3.05, 3.63) is 0 Å². The van der Waals surface area contributed by atoms with E-state index in [9.17, 15) is 8.42 Å². The Balaban J connectivity index is 1.65. The second kappa shape index (κ2) is 6.35. The lowest BCUT2D eigenvalue weighted by atomic mass is 9.69. The van der Waals surface area contributed by atoms with Gasteiger partial charge in [-0.3, -0.25) is 0 Å². The highest BCUT2D eigenvalue weighted by atomic mass is 32.2. The summed E-state index contributed by atoms with van der Waals surface area (Å²) in [5.74, 6) is 1.99. The average molecular weight is 274 g/mol. The van der Waals surface area contributed by atoms with E-state index in [-0.39, 0.29) is 5.75 Å². The molecule has 0 aromatic rings. The van der Waals surface area contributed by atoms with Gasteiger partial charge in [-0.15, -0.1) is 0 Å². The first-order valence-corrected chi connectivity index (χ1v) is 9.00. The molecule has 0 aromatic carbocycles. The fourth-order valence-electron chi connectivity index (χ4n) is 3.64. The molecule has 3 unspecified atom stereocenters. The first-order chi connectivity index (χ1) is 8.54. The van der Waals surface area contributed by atoms with Crippen LogP contribution >= 0.6 is 0 Å². The van der Waals surface area contributed by atoms with Crippen LogP contribution in [0.25, 0.3) is 0 Å². The Morgan fingerprint density at radius 1 is 1.06 bits per heavy atom. The third-order valence-electron chi connectivity index (χ3n) is 4.58. The molecule has 2 fully saturated rings. The van der Waals surface area contributed by atoms with Crippen molar-refractivity contribution in [1.29, 1.82) is 0 Å². The number of fused-ring (bicyclic) bond motifs is 1. The number of sulfonamides is 1. The maximum absolute atomic E-state index is 10.8. The lowest BCUT2D eigenvalue weighted by Gasteiger charge is -2.39. The first-order valence-electron chi connectivity index (χ1n) is 7.28. The summed E-state index contributed by atoms with van der Waals surface area (Å²) in [7, 11) is -3.29. The summed E-state index contributed by atoms with van der Waals surface area (Å²) in [6, 6.07) is 0.602. The van der Waals surface area contributed by atoms with Crippen molar-refractivity contribution in [3.63, 3.8) is 0 Å². The van der Waals surface area contributed by atoms with E-state index >= 15 is 0 Å². The van der Waals surface area contributed by atoms with E-state index in [1.807, 2.05) is 0 Å². The molecule has 2 saturated carbocycles. The minimum Gasteiger partial charge on any atom is -0.314 e. The van der Waals surface area contributed by atoms with Gasteiger partial charge in [0.25, 0.3) is 0 Å². The summed E-state index contributed by atoms with van der Waals surface area (Å²) in [5, 5.41) is 8.49. The Morgan fingerprint density at radius 3 is 2.50 bits per heavy atom. The maximum atomic E-state index is 10.8. The summed E-state index contributed by atoms with van der Waals surface area (Å²) >= 11 is 0. The van der Waals surface area contributed by atoms with Gasteiger partial charge in [-0.25, -0.2) is 13.6 Å². The van der Waals surface area contributed by atoms with Crippen LogP contribution in [0.1, 0.15) is 51.4 Å². The number of rotatable bonds is 5. The molecular weight excluding hydrogens is 248 g/mol. The van der Waals surface area contributed by atoms with Crippen LogP contribution in [0.5, 0.6) is 0 Å². The molecule has 4 nitrogen and oxygen atoms in total. The van der Waals surface area contributed by atoms with Gasteiger partial charge in [-0.1, -0.05) is 25.7 Å². The Bertz CT molecular complexity index is 356. The lowest BCUT2D eigenvalue weighted by molar-refractivity contribution is 0.144.